The topological polar surface area (TPSA) is 80.9 Å². The number of nitrogens with zero attached hydrogens (tertiary/aromatic N) is 3. The normalized spacial score (nSPS) is 16.3. The van der Waals surface area contributed by atoms with E-state index in [2.05, 4.69) is 9.88 Å². The zero-order valence-corrected chi connectivity index (χ0v) is 16.4. The lowest BCUT2D eigenvalue weighted by Gasteiger charge is -2.27. The molecule has 144 valence electrons. The van der Waals surface area contributed by atoms with E-state index in [4.69, 9.17) is 26.8 Å². The van der Waals surface area contributed by atoms with E-state index in [0.29, 0.717) is 16.4 Å². The van der Waals surface area contributed by atoms with E-state index in [1.807, 2.05) is 30.1 Å². The van der Waals surface area contributed by atoms with E-state index in [1.165, 1.54) is 6.20 Å². The Kier molecular flexibility index (Phi) is 5.60. The predicted octanol–water partition coefficient (Wildman–Crippen LogP) is 2.57. The average molecular weight is 391 g/mol. The molecule has 0 radical (unpaired) electrons. The fourth-order valence-corrected chi connectivity index (χ4v) is 3.57. The molecule has 0 spiro atoms. The number of nitrogens with two attached hydrogens (primary N) is 1. The van der Waals surface area contributed by atoms with Crippen LogP contribution >= 0.6 is 11.6 Å². The summed E-state index contributed by atoms with van der Waals surface area (Å²) in [5.41, 5.74) is 6.63. The Hall–Kier alpha value is -2.67. The van der Waals surface area contributed by atoms with Crippen LogP contribution in [-0.4, -0.2) is 51.3 Å². The first-order valence-corrected chi connectivity index (χ1v) is 8.97. The first kappa shape index (κ1) is 19.1. The summed E-state index contributed by atoms with van der Waals surface area (Å²) in [4.78, 5) is 19.9. The van der Waals surface area contributed by atoms with Gasteiger partial charge in [0.25, 0.3) is 0 Å². The number of hydrogen-bond acceptors (Lipinski definition) is 6. The smallest absolute Gasteiger partial charge is 0.250 e. The van der Waals surface area contributed by atoms with E-state index < -0.39 is 5.91 Å². The number of primary amides is 1. The summed E-state index contributed by atoms with van der Waals surface area (Å²) in [6.45, 7) is 1.70. The van der Waals surface area contributed by atoms with Gasteiger partial charge < -0.3 is 25.0 Å². The lowest BCUT2D eigenvalue weighted by molar-refractivity contribution is 0.1000. The summed E-state index contributed by atoms with van der Waals surface area (Å²) in [6, 6.07) is 7.64. The van der Waals surface area contributed by atoms with Gasteiger partial charge in [0.05, 0.1) is 24.8 Å². The molecule has 1 aliphatic rings. The van der Waals surface area contributed by atoms with Crippen LogP contribution in [0.5, 0.6) is 11.5 Å². The molecule has 8 heteroatoms. The van der Waals surface area contributed by atoms with Crippen molar-refractivity contribution in [3.05, 3.63) is 41.0 Å². The molecule has 1 unspecified atom stereocenters. The second kappa shape index (κ2) is 7.92. The molecule has 0 saturated carbocycles. The Bertz CT molecular complexity index is 823. The van der Waals surface area contributed by atoms with E-state index in [-0.39, 0.29) is 6.04 Å². The lowest BCUT2D eigenvalue weighted by Crippen LogP contribution is -2.35. The number of carbonyl (C=O) groups excluding carboxylic acids is 1. The maximum Gasteiger partial charge on any atom is 0.250 e. The molecule has 3 rings (SSSR count). The first-order chi connectivity index (χ1) is 12.9. The number of hydrogen-bond donors (Lipinski definition) is 1. The number of benzene rings is 1. The summed E-state index contributed by atoms with van der Waals surface area (Å²) < 4.78 is 10.7. The Balaban J connectivity index is 1.77. The number of carbonyl (C=O) groups is 1. The van der Waals surface area contributed by atoms with Crippen molar-refractivity contribution >= 4 is 29.0 Å². The largest absolute Gasteiger partial charge is 0.497 e. The fourth-order valence-electron chi connectivity index (χ4n) is 3.27. The van der Waals surface area contributed by atoms with E-state index in [9.17, 15) is 4.79 Å². The lowest BCUT2D eigenvalue weighted by atomic mass is 10.2. The Morgan fingerprint density at radius 3 is 2.48 bits per heavy atom. The van der Waals surface area contributed by atoms with Gasteiger partial charge in [-0.1, -0.05) is 11.6 Å². The monoisotopic (exact) mass is 390 g/mol. The van der Waals surface area contributed by atoms with Gasteiger partial charge in [0, 0.05) is 56.3 Å². The van der Waals surface area contributed by atoms with Crippen LogP contribution < -0.4 is 25.0 Å². The van der Waals surface area contributed by atoms with E-state index in [1.54, 1.807) is 20.3 Å². The van der Waals surface area contributed by atoms with Crippen LogP contribution in [0.15, 0.2) is 30.5 Å². The average Bonchev–Trinajstić information content (AvgIpc) is 3.17. The minimum atomic E-state index is -0.544. The fraction of sp³-hybridized carbons (Fsp3) is 0.368. The van der Waals surface area contributed by atoms with Crippen molar-refractivity contribution in [1.82, 2.24) is 4.98 Å². The maximum atomic E-state index is 11.3. The van der Waals surface area contributed by atoms with Crippen molar-refractivity contribution in [3.8, 4) is 11.5 Å². The van der Waals surface area contributed by atoms with Gasteiger partial charge >= 0.3 is 0 Å². The Morgan fingerprint density at radius 2 is 1.93 bits per heavy atom. The molecule has 1 amide bonds. The summed E-state index contributed by atoms with van der Waals surface area (Å²) >= 11 is 6.32. The number of rotatable bonds is 6. The van der Waals surface area contributed by atoms with Crippen molar-refractivity contribution in [2.45, 2.75) is 12.5 Å². The van der Waals surface area contributed by atoms with Crippen molar-refractivity contribution in [2.24, 2.45) is 5.73 Å². The molecule has 0 bridgehead atoms. The second-order valence-corrected chi connectivity index (χ2v) is 6.87. The maximum absolute atomic E-state index is 11.3. The van der Waals surface area contributed by atoms with Gasteiger partial charge in [0.2, 0.25) is 5.91 Å². The molecule has 2 heterocycles. The van der Waals surface area contributed by atoms with Gasteiger partial charge in [0.1, 0.15) is 17.3 Å². The number of ether oxygens (including phenoxy) is 2. The third kappa shape index (κ3) is 4.03. The number of aromatic nitrogens is 1. The minimum absolute atomic E-state index is 0.228. The number of anilines is 2. The molecule has 2 N–H and O–H groups in total. The third-order valence-corrected chi connectivity index (χ3v) is 5.13. The standard InChI is InChI=1S/C19H23ClN4O3/c1-23(19-17(20)6-12(10-22-19)18(21)25)13-4-5-24(11-13)14-7-15(26-2)9-16(8-14)27-3/h6-10,13H,4-5,11H2,1-3H3,(H2,21,25). The predicted molar refractivity (Wildman–Crippen MR) is 106 cm³/mol. The van der Waals surface area contributed by atoms with Crippen LogP contribution in [0.2, 0.25) is 5.02 Å². The first-order valence-electron chi connectivity index (χ1n) is 8.59. The van der Waals surface area contributed by atoms with Crippen molar-refractivity contribution in [2.75, 3.05) is 44.2 Å². The summed E-state index contributed by atoms with van der Waals surface area (Å²) in [6.07, 6.45) is 2.41. The van der Waals surface area contributed by atoms with E-state index >= 15 is 0 Å². The van der Waals surface area contributed by atoms with Crippen LogP contribution in [0.4, 0.5) is 11.5 Å². The van der Waals surface area contributed by atoms with Crippen molar-refractivity contribution in [1.29, 1.82) is 0 Å². The summed E-state index contributed by atoms with van der Waals surface area (Å²) in [7, 11) is 5.24. The van der Waals surface area contributed by atoms with Crippen LogP contribution in [0.3, 0.4) is 0 Å². The zero-order chi connectivity index (χ0) is 19.6. The molecular weight excluding hydrogens is 368 g/mol. The minimum Gasteiger partial charge on any atom is -0.497 e. The van der Waals surface area contributed by atoms with E-state index in [0.717, 1.165) is 36.7 Å². The van der Waals surface area contributed by atoms with Gasteiger partial charge in [0.15, 0.2) is 0 Å². The Labute approximate surface area is 163 Å². The number of methoxy groups -OCH3 is 2. The highest BCUT2D eigenvalue weighted by molar-refractivity contribution is 6.33. The molecule has 1 aromatic carbocycles. The second-order valence-electron chi connectivity index (χ2n) is 6.46. The molecule has 1 fully saturated rings. The van der Waals surface area contributed by atoms with Crippen LogP contribution in [0, 0.1) is 0 Å². The highest BCUT2D eigenvalue weighted by Crippen LogP contribution is 2.33. The molecule has 1 saturated heterocycles. The molecule has 0 aliphatic carbocycles. The number of pyridine rings is 1. The molecule has 1 atom stereocenters. The van der Waals surface area contributed by atoms with Gasteiger partial charge in [-0.25, -0.2) is 4.98 Å². The number of amides is 1. The number of halogens is 1. The van der Waals surface area contributed by atoms with Crippen LogP contribution in [-0.2, 0) is 0 Å². The molecule has 1 aliphatic heterocycles. The van der Waals surface area contributed by atoms with Crippen molar-refractivity contribution < 1.29 is 14.3 Å². The van der Waals surface area contributed by atoms with Gasteiger partial charge in [-0.3, -0.25) is 4.79 Å². The SMILES string of the molecule is COc1cc(OC)cc(N2CCC(N(C)c3ncc(C(N)=O)cc3Cl)C2)c1. The van der Waals surface area contributed by atoms with Gasteiger partial charge in [-0.05, 0) is 12.5 Å². The molecular formula is C19H23ClN4O3. The van der Waals surface area contributed by atoms with Gasteiger partial charge in [-0.15, -0.1) is 0 Å². The highest BCUT2D eigenvalue weighted by Gasteiger charge is 2.28. The van der Waals surface area contributed by atoms with Crippen LogP contribution in [0.25, 0.3) is 0 Å². The molecule has 1 aromatic heterocycles. The third-order valence-electron chi connectivity index (χ3n) is 4.85. The van der Waals surface area contributed by atoms with Crippen molar-refractivity contribution in [3.63, 3.8) is 0 Å². The quantitative estimate of drug-likeness (QED) is 0.816. The van der Waals surface area contributed by atoms with Gasteiger partial charge in [-0.2, -0.15) is 0 Å². The molecule has 2 aromatic rings. The summed E-state index contributed by atoms with van der Waals surface area (Å²) in [5.74, 6) is 1.61. The number of likely N-dealkylation sites (N-methyl/N-ethyl adjacent to an activating group) is 1. The highest BCUT2D eigenvalue weighted by atomic mass is 35.5. The zero-order valence-electron chi connectivity index (χ0n) is 15.6. The summed E-state index contributed by atoms with van der Waals surface area (Å²) in [5, 5.41) is 0.412. The molecule has 27 heavy (non-hydrogen) atoms. The molecule has 7 nitrogen and oxygen atoms in total. The van der Waals surface area contributed by atoms with Crippen LogP contribution in [0.1, 0.15) is 16.8 Å². The Morgan fingerprint density at radius 1 is 1.26 bits per heavy atom.